The summed E-state index contributed by atoms with van der Waals surface area (Å²) in [5.74, 6) is 1.60. The zero-order chi connectivity index (χ0) is 42.4. The van der Waals surface area contributed by atoms with Gasteiger partial charge >= 0.3 is 12.2 Å². The summed E-state index contributed by atoms with van der Waals surface area (Å²) < 4.78 is 21.2. The lowest BCUT2D eigenvalue weighted by Gasteiger charge is -2.32. The van der Waals surface area contributed by atoms with Crippen LogP contribution in [0.15, 0.2) is 48.7 Å². The van der Waals surface area contributed by atoms with Crippen LogP contribution >= 0.6 is 0 Å². The Kier molecular flexibility index (Phi) is 11.2. The molecule has 16 heteroatoms. The van der Waals surface area contributed by atoms with Gasteiger partial charge in [0.2, 0.25) is 11.8 Å². The molecule has 3 aromatic carbocycles. The molecule has 0 bridgehead atoms. The standard InChI is InChI=1S/C44H52N8O8/c1-22(2)37(50-44(56)59-7)42(54)52-24(4)8-14-34(52)39-45-19-32(47-39)26-10-12-28-27(16-26)20-60-36-18-29-25(17-30(28)36)11-13-31-38(29)49-40(46-31)35-15-9-23(3)51(35)41(53)33(21-57-5)48-43(55)58-6/h10-13,16-19,22-24,33-35,37H,8-9,14-15,20-21H2,1-7H3,(H,45,47)(H,46,49)(H,48,55)(H,50,56)/t23-,24-,33-,34-,35-,37-/m0/s1. The molecule has 8 rings (SSSR count). The summed E-state index contributed by atoms with van der Waals surface area (Å²) in [5, 5.41) is 7.27. The third kappa shape index (κ3) is 7.37. The molecule has 316 valence electrons. The Morgan fingerprint density at radius 1 is 0.833 bits per heavy atom. The van der Waals surface area contributed by atoms with Crippen molar-refractivity contribution in [2.24, 2.45) is 5.92 Å². The second kappa shape index (κ2) is 16.5. The van der Waals surface area contributed by atoms with Crippen molar-refractivity contribution in [2.45, 2.75) is 96.2 Å². The van der Waals surface area contributed by atoms with Crippen molar-refractivity contribution in [3.63, 3.8) is 0 Å². The maximum atomic E-state index is 13.9. The van der Waals surface area contributed by atoms with Gasteiger partial charge in [-0.25, -0.2) is 19.6 Å². The van der Waals surface area contributed by atoms with Crippen molar-refractivity contribution in [3.05, 3.63) is 65.9 Å². The number of nitrogens with zero attached hydrogens (tertiary/aromatic N) is 4. The van der Waals surface area contributed by atoms with E-state index in [1.165, 1.54) is 21.3 Å². The number of hydrogen-bond donors (Lipinski definition) is 4. The maximum absolute atomic E-state index is 13.9. The molecule has 0 radical (unpaired) electrons. The third-order valence-electron chi connectivity index (χ3n) is 12.2. The van der Waals surface area contributed by atoms with Gasteiger partial charge in [0.05, 0.1) is 55.8 Å². The summed E-state index contributed by atoms with van der Waals surface area (Å²) in [5.41, 5.74) is 6.51. The molecule has 0 saturated carbocycles. The average Bonchev–Trinajstić information content (AvgIpc) is 4.07. The Hall–Kier alpha value is -6.16. The highest BCUT2D eigenvalue weighted by atomic mass is 16.5. The van der Waals surface area contributed by atoms with Crippen LogP contribution in [0.3, 0.4) is 0 Å². The normalized spacial score (nSPS) is 20.7. The minimum absolute atomic E-state index is 0.00916. The number of fused-ring (bicyclic) bond motifs is 6. The summed E-state index contributed by atoms with van der Waals surface area (Å²) in [7, 11) is 4.03. The van der Waals surface area contributed by atoms with Crippen molar-refractivity contribution in [1.29, 1.82) is 0 Å². The average molecular weight is 821 g/mol. The largest absolute Gasteiger partial charge is 0.488 e. The number of carbonyl (C=O) groups excluding carboxylic acids is 4. The van der Waals surface area contributed by atoms with Crippen LogP contribution < -0.4 is 15.4 Å². The molecule has 0 unspecified atom stereocenters. The molecule has 2 saturated heterocycles. The highest BCUT2D eigenvalue weighted by Gasteiger charge is 2.42. The SMILES string of the molecule is COC[C@H](NC(=O)OC)C(=O)N1[C@@H](C)CC[C@H]1c1nc2c(ccc3cc4c(cc32)OCc2cc(-c3cnc([C@@H]5CC[C@H](C)N5C(=O)[C@@H](NC(=O)OC)C(C)C)[nH]3)ccc2-4)[nH]1. The van der Waals surface area contributed by atoms with Crippen LogP contribution in [0.4, 0.5) is 9.59 Å². The predicted molar refractivity (Wildman–Crippen MR) is 223 cm³/mol. The minimum Gasteiger partial charge on any atom is -0.488 e. The number of H-pyrrole nitrogens is 2. The number of benzene rings is 3. The third-order valence-corrected chi connectivity index (χ3v) is 12.2. The van der Waals surface area contributed by atoms with Gasteiger partial charge in [-0.3, -0.25) is 9.59 Å². The number of amides is 4. The van der Waals surface area contributed by atoms with Crippen LogP contribution in [0.5, 0.6) is 5.75 Å². The number of rotatable bonds is 10. The fraction of sp³-hybridized carbons (Fsp3) is 0.455. The van der Waals surface area contributed by atoms with Crippen LogP contribution in [-0.4, -0.2) is 106 Å². The smallest absolute Gasteiger partial charge is 0.407 e. The summed E-state index contributed by atoms with van der Waals surface area (Å²) in [6, 6.07) is 12.3. The van der Waals surface area contributed by atoms with E-state index in [0.29, 0.717) is 24.7 Å². The van der Waals surface area contributed by atoms with Gasteiger partial charge in [-0.1, -0.05) is 32.0 Å². The highest BCUT2D eigenvalue weighted by Crippen LogP contribution is 2.44. The van der Waals surface area contributed by atoms with Gasteiger partial charge in [0.1, 0.15) is 36.1 Å². The summed E-state index contributed by atoms with van der Waals surface area (Å²) >= 11 is 0. The monoisotopic (exact) mass is 820 g/mol. The number of ether oxygens (including phenoxy) is 4. The molecule has 4 amide bonds. The van der Waals surface area contributed by atoms with Crippen LogP contribution in [0.1, 0.15) is 82.7 Å². The summed E-state index contributed by atoms with van der Waals surface area (Å²) in [6.07, 6.45) is 3.54. The van der Waals surface area contributed by atoms with E-state index in [9.17, 15) is 19.2 Å². The van der Waals surface area contributed by atoms with E-state index >= 15 is 0 Å². The van der Waals surface area contributed by atoms with Gasteiger partial charge in [-0.2, -0.15) is 0 Å². The van der Waals surface area contributed by atoms with Gasteiger partial charge in [0, 0.05) is 30.1 Å². The minimum atomic E-state index is -0.902. The van der Waals surface area contributed by atoms with E-state index < -0.39 is 24.3 Å². The quantitative estimate of drug-likeness (QED) is 0.121. The first kappa shape index (κ1) is 40.6. The van der Waals surface area contributed by atoms with Gasteiger partial charge in [0.25, 0.3) is 0 Å². The number of carbonyl (C=O) groups is 4. The van der Waals surface area contributed by atoms with Crippen molar-refractivity contribution in [2.75, 3.05) is 27.9 Å². The van der Waals surface area contributed by atoms with Gasteiger partial charge < -0.3 is 49.3 Å². The van der Waals surface area contributed by atoms with Gasteiger partial charge in [-0.15, -0.1) is 0 Å². The van der Waals surface area contributed by atoms with Crippen LogP contribution in [0.25, 0.3) is 44.2 Å². The first-order valence-corrected chi connectivity index (χ1v) is 20.5. The lowest BCUT2D eigenvalue weighted by molar-refractivity contribution is -0.138. The fourth-order valence-electron chi connectivity index (χ4n) is 9.11. The van der Waals surface area contributed by atoms with E-state index in [1.54, 1.807) is 4.90 Å². The molecule has 3 aliphatic rings. The maximum Gasteiger partial charge on any atom is 0.407 e. The summed E-state index contributed by atoms with van der Waals surface area (Å²) in [4.78, 5) is 72.3. The van der Waals surface area contributed by atoms with Crippen molar-refractivity contribution in [3.8, 4) is 28.1 Å². The Bertz CT molecular complexity index is 2460. The fourth-order valence-corrected chi connectivity index (χ4v) is 9.11. The first-order valence-electron chi connectivity index (χ1n) is 20.5. The molecule has 16 nitrogen and oxygen atoms in total. The zero-order valence-electron chi connectivity index (χ0n) is 35.0. The Morgan fingerprint density at radius 2 is 1.53 bits per heavy atom. The first-order chi connectivity index (χ1) is 28.9. The molecule has 0 spiro atoms. The van der Waals surface area contributed by atoms with Crippen molar-refractivity contribution >= 4 is 45.8 Å². The molecule has 2 aromatic heterocycles. The molecule has 4 N–H and O–H groups in total. The van der Waals surface area contributed by atoms with Crippen LogP contribution in [0, 0.1) is 5.92 Å². The number of methoxy groups -OCH3 is 3. The molecule has 60 heavy (non-hydrogen) atoms. The predicted octanol–water partition coefficient (Wildman–Crippen LogP) is 6.52. The topological polar surface area (TPSA) is 193 Å². The second-order valence-electron chi connectivity index (χ2n) is 16.4. The number of aromatic nitrogens is 4. The molecule has 3 aliphatic heterocycles. The lowest BCUT2D eigenvalue weighted by atomic mass is 9.92. The summed E-state index contributed by atoms with van der Waals surface area (Å²) in [6.45, 7) is 8.21. The molecule has 6 atom stereocenters. The van der Waals surface area contributed by atoms with E-state index in [-0.39, 0.29) is 48.5 Å². The number of hydrogen-bond acceptors (Lipinski definition) is 10. The van der Waals surface area contributed by atoms with Crippen LogP contribution in [-0.2, 0) is 30.4 Å². The number of nitrogens with one attached hydrogen (secondary N) is 4. The molecule has 2 fully saturated rings. The Morgan fingerprint density at radius 3 is 2.23 bits per heavy atom. The van der Waals surface area contributed by atoms with Crippen molar-refractivity contribution < 1.29 is 38.1 Å². The Labute approximate surface area is 347 Å². The number of aromatic amines is 2. The van der Waals surface area contributed by atoms with E-state index in [0.717, 1.165) is 74.8 Å². The number of likely N-dealkylation sites (tertiary alicyclic amines) is 2. The molecular formula is C44H52N8O8. The van der Waals surface area contributed by atoms with Crippen molar-refractivity contribution in [1.82, 2.24) is 40.4 Å². The number of alkyl carbamates (subject to hydrolysis) is 2. The zero-order valence-corrected chi connectivity index (χ0v) is 35.0. The van der Waals surface area contributed by atoms with Crippen LogP contribution in [0.2, 0.25) is 0 Å². The number of imidazole rings is 2. The van der Waals surface area contributed by atoms with E-state index in [1.807, 2.05) is 50.9 Å². The second-order valence-corrected chi connectivity index (χ2v) is 16.4. The highest BCUT2D eigenvalue weighted by molar-refractivity contribution is 6.07. The molecule has 0 aliphatic carbocycles. The van der Waals surface area contributed by atoms with E-state index in [2.05, 4.69) is 50.9 Å². The Balaban J connectivity index is 1.04. The van der Waals surface area contributed by atoms with Gasteiger partial charge in [-0.05, 0) is 91.8 Å². The lowest BCUT2D eigenvalue weighted by Crippen LogP contribution is -2.52. The van der Waals surface area contributed by atoms with E-state index in [4.69, 9.17) is 28.9 Å². The molecular weight excluding hydrogens is 769 g/mol. The molecule has 5 aromatic rings. The molecule has 5 heterocycles. The van der Waals surface area contributed by atoms with Gasteiger partial charge in [0.15, 0.2) is 0 Å².